The molecule has 0 radical (unpaired) electrons. The minimum atomic E-state index is -0.196. The Morgan fingerprint density at radius 2 is 2.08 bits per heavy atom. The minimum Gasteiger partial charge on any atom is -0.442 e. The minimum absolute atomic E-state index is 0.0772. The number of morpholine rings is 1. The molecular formula is C16H24N6O3. The van der Waals surface area contributed by atoms with E-state index in [1.165, 1.54) is 0 Å². The fourth-order valence-corrected chi connectivity index (χ4v) is 3.78. The van der Waals surface area contributed by atoms with Crippen LogP contribution >= 0.6 is 0 Å². The number of aromatic nitrogens is 2. The van der Waals surface area contributed by atoms with E-state index in [2.05, 4.69) is 19.8 Å². The summed E-state index contributed by atoms with van der Waals surface area (Å²) >= 11 is 0. The number of nitrogens with zero attached hydrogens (tertiary/aromatic N) is 5. The van der Waals surface area contributed by atoms with Crippen molar-refractivity contribution >= 4 is 17.9 Å². The van der Waals surface area contributed by atoms with E-state index in [0.29, 0.717) is 13.1 Å². The number of nitrogens with two attached hydrogens (primary N) is 1. The number of carbonyl (C=O) groups excluding carboxylic acids is 1. The van der Waals surface area contributed by atoms with Crippen LogP contribution in [0.25, 0.3) is 0 Å². The van der Waals surface area contributed by atoms with Crippen molar-refractivity contribution in [1.82, 2.24) is 19.8 Å². The lowest BCUT2D eigenvalue weighted by Crippen LogP contribution is -2.41. The van der Waals surface area contributed by atoms with Crippen LogP contribution in [0.5, 0.6) is 0 Å². The van der Waals surface area contributed by atoms with Crippen LogP contribution in [-0.2, 0) is 9.47 Å². The van der Waals surface area contributed by atoms with Gasteiger partial charge in [-0.1, -0.05) is 0 Å². The third-order valence-corrected chi connectivity index (χ3v) is 5.08. The van der Waals surface area contributed by atoms with E-state index in [9.17, 15) is 4.79 Å². The van der Waals surface area contributed by atoms with Gasteiger partial charge in [-0.25, -0.2) is 9.78 Å². The van der Waals surface area contributed by atoms with E-state index in [1.54, 1.807) is 6.20 Å². The second kappa shape index (κ2) is 7.01. The van der Waals surface area contributed by atoms with E-state index in [4.69, 9.17) is 15.2 Å². The molecule has 136 valence electrons. The molecule has 4 rings (SSSR count). The molecule has 0 unspecified atom stereocenters. The molecule has 9 heteroatoms. The summed E-state index contributed by atoms with van der Waals surface area (Å²) in [5, 5.41) is 0. The number of carbonyl (C=O) groups is 1. The van der Waals surface area contributed by atoms with Crippen LogP contribution in [0.2, 0.25) is 0 Å². The lowest BCUT2D eigenvalue weighted by molar-refractivity contribution is 0.0363. The molecule has 0 aromatic carbocycles. The van der Waals surface area contributed by atoms with Gasteiger partial charge in [0.1, 0.15) is 11.9 Å². The number of nitrogen functional groups attached to an aromatic ring is 1. The summed E-state index contributed by atoms with van der Waals surface area (Å²) < 4.78 is 10.9. The van der Waals surface area contributed by atoms with Crippen molar-refractivity contribution in [2.75, 3.05) is 63.1 Å². The maximum atomic E-state index is 12.2. The lowest BCUT2D eigenvalue weighted by Gasteiger charge is -2.28. The molecule has 3 fully saturated rings. The first-order valence-corrected chi connectivity index (χ1v) is 8.81. The SMILES string of the molecule is Nc1nccc(N2C[C@@H]3OC(=O)N(CCCN4CCOCC4)[C@@H]3C2)n1. The number of rotatable bonds is 5. The smallest absolute Gasteiger partial charge is 0.410 e. The van der Waals surface area contributed by atoms with Crippen molar-refractivity contribution in [3.8, 4) is 0 Å². The second-order valence-corrected chi connectivity index (χ2v) is 6.67. The zero-order valence-electron chi connectivity index (χ0n) is 14.2. The molecule has 1 amide bonds. The first-order valence-electron chi connectivity index (χ1n) is 8.81. The van der Waals surface area contributed by atoms with Gasteiger partial charge in [-0.3, -0.25) is 9.80 Å². The Hall–Kier alpha value is -2.13. The van der Waals surface area contributed by atoms with Gasteiger partial charge in [0, 0.05) is 38.9 Å². The van der Waals surface area contributed by atoms with Crippen LogP contribution in [0.1, 0.15) is 6.42 Å². The van der Waals surface area contributed by atoms with Crippen LogP contribution in [-0.4, -0.2) is 90.5 Å². The number of ether oxygens (including phenoxy) is 2. The van der Waals surface area contributed by atoms with Crippen LogP contribution in [0.3, 0.4) is 0 Å². The molecule has 9 nitrogen and oxygen atoms in total. The van der Waals surface area contributed by atoms with Crippen LogP contribution in [0.15, 0.2) is 12.3 Å². The molecule has 2 atom stereocenters. The molecule has 1 aromatic heterocycles. The lowest BCUT2D eigenvalue weighted by atomic mass is 10.2. The van der Waals surface area contributed by atoms with Gasteiger partial charge in [0.15, 0.2) is 0 Å². The molecule has 1 aromatic rings. The molecule has 0 aliphatic carbocycles. The van der Waals surface area contributed by atoms with Gasteiger partial charge in [-0.15, -0.1) is 0 Å². The van der Waals surface area contributed by atoms with Gasteiger partial charge in [-0.2, -0.15) is 4.98 Å². The van der Waals surface area contributed by atoms with Gasteiger partial charge in [0.2, 0.25) is 5.95 Å². The van der Waals surface area contributed by atoms with Crippen LogP contribution in [0.4, 0.5) is 16.6 Å². The highest BCUT2D eigenvalue weighted by Crippen LogP contribution is 2.29. The van der Waals surface area contributed by atoms with Crippen molar-refractivity contribution < 1.29 is 14.3 Å². The average molecular weight is 348 g/mol. The quantitative estimate of drug-likeness (QED) is 0.781. The maximum absolute atomic E-state index is 12.2. The van der Waals surface area contributed by atoms with Crippen LogP contribution < -0.4 is 10.6 Å². The number of amides is 1. The molecule has 2 N–H and O–H groups in total. The summed E-state index contributed by atoms with van der Waals surface area (Å²) in [5.74, 6) is 1.04. The zero-order chi connectivity index (χ0) is 17.2. The number of fused-ring (bicyclic) bond motifs is 1. The zero-order valence-corrected chi connectivity index (χ0v) is 14.2. The first kappa shape index (κ1) is 16.3. The van der Waals surface area contributed by atoms with Crippen molar-refractivity contribution in [1.29, 1.82) is 0 Å². The van der Waals surface area contributed by atoms with Gasteiger partial charge in [0.25, 0.3) is 0 Å². The topological polar surface area (TPSA) is 97.0 Å². The number of anilines is 2. The van der Waals surface area contributed by atoms with E-state index >= 15 is 0 Å². The summed E-state index contributed by atoms with van der Waals surface area (Å²) in [4.78, 5) is 26.7. The Kier molecular flexibility index (Phi) is 4.58. The van der Waals surface area contributed by atoms with E-state index in [0.717, 1.165) is 51.6 Å². The molecular weight excluding hydrogens is 324 g/mol. The molecule has 4 heterocycles. The standard InChI is InChI=1S/C16H24N6O3/c17-15-18-3-2-14(19-15)21-10-12-13(11-21)25-16(23)22(12)5-1-4-20-6-8-24-9-7-20/h2-3,12-13H,1,4-11H2,(H2,17,18,19)/t12-,13+/m1/s1. The molecule has 0 bridgehead atoms. The van der Waals surface area contributed by atoms with Crippen molar-refractivity contribution in [3.63, 3.8) is 0 Å². The third-order valence-electron chi connectivity index (χ3n) is 5.08. The normalized spacial score (nSPS) is 26.8. The third kappa shape index (κ3) is 3.47. The fraction of sp³-hybridized carbons (Fsp3) is 0.688. The van der Waals surface area contributed by atoms with Crippen molar-refractivity contribution in [2.45, 2.75) is 18.6 Å². The predicted molar refractivity (Wildman–Crippen MR) is 91.3 cm³/mol. The molecule has 3 aliphatic heterocycles. The Morgan fingerprint density at radius 1 is 1.24 bits per heavy atom. The Balaban J connectivity index is 1.33. The van der Waals surface area contributed by atoms with Crippen molar-refractivity contribution in [3.05, 3.63) is 12.3 Å². The summed E-state index contributed by atoms with van der Waals surface area (Å²) in [6, 6.07) is 1.91. The van der Waals surface area contributed by atoms with Gasteiger partial charge < -0.3 is 20.1 Å². The summed E-state index contributed by atoms with van der Waals surface area (Å²) in [6.45, 7) is 6.60. The summed E-state index contributed by atoms with van der Waals surface area (Å²) in [7, 11) is 0. The van der Waals surface area contributed by atoms with Gasteiger partial charge in [-0.05, 0) is 12.5 Å². The molecule has 3 aliphatic rings. The van der Waals surface area contributed by atoms with E-state index < -0.39 is 0 Å². The maximum Gasteiger partial charge on any atom is 0.410 e. The highest BCUT2D eigenvalue weighted by molar-refractivity contribution is 5.71. The summed E-state index contributed by atoms with van der Waals surface area (Å²) in [6.07, 6.45) is 2.29. The van der Waals surface area contributed by atoms with Crippen LogP contribution in [0, 0.1) is 0 Å². The van der Waals surface area contributed by atoms with E-state index in [-0.39, 0.29) is 24.2 Å². The monoisotopic (exact) mass is 348 g/mol. The Bertz CT molecular complexity index is 624. The molecule has 0 saturated carbocycles. The highest BCUT2D eigenvalue weighted by atomic mass is 16.6. The highest BCUT2D eigenvalue weighted by Gasteiger charge is 2.47. The Morgan fingerprint density at radius 3 is 2.88 bits per heavy atom. The van der Waals surface area contributed by atoms with Crippen molar-refractivity contribution in [2.24, 2.45) is 0 Å². The first-order chi connectivity index (χ1) is 12.2. The molecule has 25 heavy (non-hydrogen) atoms. The fourth-order valence-electron chi connectivity index (χ4n) is 3.78. The number of hydrogen-bond acceptors (Lipinski definition) is 8. The molecule has 0 spiro atoms. The Labute approximate surface area is 146 Å². The summed E-state index contributed by atoms with van der Waals surface area (Å²) in [5.41, 5.74) is 5.67. The predicted octanol–water partition coefficient (Wildman–Crippen LogP) is -0.209. The largest absolute Gasteiger partial charge is 0.442 e. The number of hydrogen-bond donors (Lipinski definition) is 1. The van der Waals surface area contributed by atoms with Gasteiger partial charge in [0.05, 0.1) is 25.8 Å². The average Bonchev–Trinajstić information content (AvgIpc) is 3.14. The van der Waals surface area contributed by atoms with E-state index in [1.807, 2.05) is 11.0 Å². The molecule has 3 saturated heterocycles. The van der Waals surface area contributed by atoms with Gasteiger partial charge >= 0.3 is 6.09 Å². The second-order valence-electron chi connectivity index (χ2n) is 6.67.